The summed E-state index contributed by atoms with van der Waals surface area (Å²) in [5.41, 5.74) is 0.511. The van der Waals surface area contributed by atoms with Crippen molar-refractivity contribution in [2.45, 2.75) is 19.3 Å². The summed E-state index contributed by atoms with van der Waals surface area (Å²) < 4.78 is 0. The standard InChI is InChI=1S/C14H17NO2/c16-13-8-4-7-12(9-13)14(17)15-10-11-5-2-1-3-6-11/h1-2,4,7-9,11,16H,3,5-6,10H2,(H,15,17). The first-order valence-corrected chi connectivity index (χ1v) is 5.98. The topological polar surface area (TPSA) is 49.3 Å². The van der Waals surface area contributed by atoms with Crippen molar-refractivity contribution in [3.63, 3.8) is 0 Å². The van der Waals surface area contributed by atoms with E-state index in [2.05, 4.69) is 17.5 Å². The smallest absolute Gasteiger partial charge is 0.251 e. The summed E-state index contributed by atoms with van der Waals surface area (Å²) >= 11 is 0. The number of allylic oxidation sites excluding steroid dienone is 2. The molecule has 1 aliphatic carbocycles. The molecule has 17 heavy (non-hydrogen) atoms. The minimum Gasteiger partial charge on any atom is -0.508 e. The van der Waals surface area contributed by atoms with E-state index in [-0.39, 0.29) is 11.7 Å². The van der Waals surface area contributed by atoms with Crippen LogP contribution in [0.1, 0.15) is 29.6 Å². The zero-order chi connectivity index (χ0) is 12.1. The number of phenolic OH excluding ortho intramolecular Hbond substituents is 1. The molecular formula is C14H17NO2. The molecule has 0 spiro atoms. The molecule has 2 N–H and O–H groups in total. The van der Waals surface area contributed by atoms with Crippen LogP contribution in [0.25, 0.3) is 0 Å². The molecule has 3 heteroatoms. The van der Waals surface area contributed by atoms with E-state index >= 15 is 0 Å². The molecule has 0 fully saturated rings. The van der Waals surface area contributed by atoms with Crippen molar-refractivity contribution in [1.82, 2.24) is 5.32 Å². The van der Waals surface area contributed by atoms with Crippen molar-refractivity contribution in [2.24, 2.45) is 5.92 Å². The van der Waals surface area contributed by atoms with Gasteiger partial charge in [-0.1, -0.05) is 18.2 Å². The fourth-order valence-electron chi connectivity index (χ4n) is 2.03. The number of phenols is 1. The van der Waals surface area contributed by atoms with Crippen LogP contribution >= 0.6 is 0 Å². The van der Waals surface area contributed by atoms with E-state index in [0.29, 0.717) is 18.0 Å². The van der Waals surface area contributed by atoms with E-state index in [1.54, 1.807) is 18.2 Å². The Labute approximate surface area is 101 Å². The fourth-order valence-corrected chi connectivity index (χ4v) is 2.03. The van der Waals surface area contributed by atoms with Crippen LogP contribution in [0.4, 0.5) is 0 Å². The van der Waals surface area contributed by atoms with Gasteiger partial charge in [-0.25, -0.2) is 0 Å². The predicted molar refractivity (Wildman–Crippen MR) is 66.9 cm³/mol. The van der Waals surface area contributed by atoms with E-state index in [0.717, 1.165) is 19.3 Å². The highest BCUT2D eigenvalue weighted by Crippen LogP contribution is 2.17. The highest BCUT2D eigenvalue weighted by Gasteiger charge is 2.12. The van der Waals surface area contributed by atoms with Crippen molar-refractivity contribution < 1.29 is 9.90 Å². The monoisotopic (exact) mass is 231 g/mol. The molecule has 0 heterocycles. The predicted octanol–water partition coefficient (Wildman–Crippen LogP) is 2.48. The molecule has 1 amide bonds. The van der Waals surface area contributed by atoms with Gasteiger partial charge in [-0.05, 0) is 43.4 Å². The zero-order valence-corrected chi connectivity index (χ0v) is 9.73. The number of hydrogen-bond acceptors (Lipinski definition) is 2. The minimum absolute atomic E-state index is 0.115. The Balaban J connectivity index is 1.87. The van der Waals surface area contributed by atoms with Crippen molar-refractivity contribution in [1.29, 1.82) is 0 Å². The van der Waals surface area contributed by atoms with Crippen LogP contribution in [0.3, 0.4) is 0 Å². The summed E-state index contributed by atoms with van der Waals surface area (Å²) in [6, 6.07) is 6.42. The van der Waals surface area contributed by atoms with Gasteiger partial charge in [0.05, 0.1) is 0 Å². The van der Waals surface area contributed by atoms with Gasteiger partial charge in [-0.3, -0.25) is 4.79 Å². The van der Waals surface area contributed by atoms with Crippen LogP contribution in [-0.4, -0.2) is 17.6 Å². The molecule has 1 aromatic rings. The summed E-state index contributed by atoms with van der Waals surface area (Å²) in [5.74, 6) is 0.551. The molecule has 0 saturated carbocycles. The summed E-state index contributed by atoms with van der Waals surface area (Å²) in [4.78, 5) is 11.8. The molecule has 0 radical (unpaired) electrons. The molecule has 0 aromatic heterocycles. The van der Waals surface area contributed by atoms with Crippen molar-refractivity contribution >= 4 is 5.91 Å². The van der Waals surface area contributed by atoms with Crippen LogP contribution in [0.5, 0.6) is 5.75 Å². The third kappa shape index (κ3) is 3.34. The van der Waals surface area contributed by atoms with Gasteiger partial charge in [0, 0.05) is 12.1 Å². The van der Waals surface area contributed by atoms with Crippen LogP contribution < -0.4 is 5.32 Å². The first kappa shape index (κ1) is 11.7. The number of aromatic hydroxyl groups is 1. The third-order valence-corrected chi connectivity index (χ3v) is 3.04. The number of hydrogen-bond donors (Lipinski definition) is 2. The first-order valence-electron chi connectivity index (χ1n) is 5.98. The number of nitrogens with one attached hydrogen (secondary N) is 1. The number of benzene rings is 1. The molecule has 3 nitrogen and oxygen atoms in total. The fraction of sp³-hybridized carbons (Fsp3) is 0.357. The molecule has 1 aliphatic rings. The lowest BCUT2D eigenvalue weighted by Gasteiger charge is -2.18. The number of rotatable bonds is 3. The van der Waals surface area contributed by atoms with Gasteiger partial charge in [0.25, 0.3) is 5.91 Å². The van der Waals surface area contributed by atoms with Crippen molar-refractivity contribution in [2.75, 3.05) is 6.54 Å². The lowest BCUT2D eigenvalue weighted by atomic mass is 9.94. The third-order valence-electron chi connectivity index (χ3n) is 3.04. The van der Waals surface area contributed by atoms with Crippen LogP contribution in [0.2, 0.25) is 0 Å². The average molecular weight is 231 g/mol. The van der Waals surface area contributed by atoms with Gasteiger partial charge in [-0.15, -0.1) is 0 Å². The molecule has 2 rings (SSSR count). The highest BCUT2D eigenvalue weighted by atomic mass is 16.3. The Hall–Kier alpha value is -1.77. The molecule has 1 aromatic carbocycles. The van der Waals surface area contributed by atoms with Crippen LogP contribution in [-0.2, 0) is 0 Å². The van der Waals surface area contributed by atoms with Gasteiger partial charge in [0.2, 0.25) is 0 Å². The summed E-state index contributed by atoms with van der Waals surface area (Å²) in [5, 5.41) is 12.2. The summed E-state index contributed by atoms with van der Waals surface area (Å²) in [7, 11) is 0. The van der Waals surface area contributed by atoms with Gasteiger partial charge in [-0.2, -0.15) is 0 Å². The largest absolute Gasteiger partial charge is 0.508 e. The Bertz CT molecular complexity index is 426. The second-order valence-electron chi connectivity index (χ2n) is 4.41. The first-order chi connectivity index (χ1) is 8.25. The van der Waals surface area contributed by atoms with Crippen LogP contribution in [0, 0.1) is 5.92 Å². The highest BCUT2D eigenvalue weighted by molar-refractivity contribution is 5.94. The lowest BCUT2D eigenvalue weighted by molar-refractivity contribution is 0.0946. The minimum atomic E-state index is -0.115. The average Bonchev–Trinajstić information content (AvgIpc) is 2.37. The molecular weight excluding hydrogens is 214 g/mol. The van der Waals surface area contributed by atoms with E-state index in [4.69, 9.17) is 0 Å². The lowest BCUT2D eigenvalue weighted by Crippen LogP contribution is -2.29. The van der Waals surface area contributed by atoms with Gasteiger partial charge in [0.15, 0.2) is 0 Å². The zero-order valence-electron chi connectivity index (χ0n) is 9.73. The maximum atomic E-state index is 11.8. The molecule has 0 bridgehead atoms. The normalized spacial score (nSPS) is 18.9. The van der Waals surface area contributed by atoms with E-state index < -0.39 is 0 Å². The maximum absolute atomic E-state index is 11.8. The number of carbonyl (C=O) groups excluding carboxylic acids is 1. The molecule has 0 aliphatic heterocycles. The molecule has 1 unspecified atom stereocenters. The number of carbonyl (C=O) groups is 1. The maximum Gasteiger partial charge on any atom is 0.251 e. The molecule has 1 atom stereocenters. The Morgan fingerprint density at radius 3 is 3.00 bits per heavy atom. The molecule has 0 saturated heterocycles. The van der Waals surface area contributed by atoms with Crippen molar-refractivity contribution in [3.05, 3.63) is 42.0 Å². The van der Waals surface area contributed by atoms with Gasteiger partial charge in [0.1, 0.15) is 5.75 Å². The summed E-state index contributed by atoms with van der Waals surface area (Å²) in [6.45, 7) is 0.707. The van der Waals surface area contributed by atoms with Gasteiger partial charge < -0.3 is 10.4 Å². The summed E-state index contributed by atoms with van der Waals surface area (Å²) in [6.07, 6.45) is 7.64. The van der Waals surface area contributed by atoms with E-state index in [9.17, 15) is 9.90 Å². The van der Waals surface area contributed by atoms with E-state index in [1.165, 1.54) is 6.07 Å². The number of amides is 1. The van der Waals surface area contributed by atoms with Gasteiger partial charge >= 0.3 is 0 Å². The Morgan fingerprint density at radius 2 is 2.29 bits per heavy atom. The quantitative estimate of drug-likeness (QED) is 0.785. The SMILES string of the molecule is O=C(NCC1CC=CCC1)c1cccc(O)c1. The Morgan fingerprint density at radius 1 is 1.41 bits per heavy atom. The van der Waals surface area contributed by atoms with Crippen molar-refractivity contribution in [3.8, 4) is 5.75 Å². The second kappa shape index (κ2) is 5.53. The van der Waals surface area contributed by atoms with E-state index in [1.807, 2.05) is 0 Å². The second-order valence-corrected chi connectivity index (χ2v) is 4.41. The molecule has 90 valence electrons. The van der Waals surface area contributed by atoms with Crippen LogP contribution in [0.15, 0.2) is 36.4 Å². The Kier molecular flexibility index (Phi) is 3.81.